The third kappa shape index (κ3) is 8.43. The highest BCUT2D eigenvalue weighted by Gasteiger charge is 2.07. The fourth-order valence-electron chi connectivity index (χ4n) is 1.84. The van der Waals surface area contributed by atoms with E-state index >= 15 is 0 Å². The van der Waals surface area contributed by atoms with Gasteiger partial charge in [0.05, 0.1) is 0 Å². The number of hydrogen-bond donors (Lipinski definition) is 1. The molecule has 1 atom stereocenters. The molecule has 0 aliphatic carbocycles. The monoisotopic (exact) mass is 215 g/mol. The molecule has 0 saturated heterocycles. The first-order valence-corrected chi connectivity index (χ1v) is 5.96. The third-order valence-corrected chi connectivity index (χ3v) is 2.88. The van der Waals surface area contributed by atoms with Crippen LogP contribution < -0.4 is 0 Å². The zero-order valence-electron chi connectivity index (χ0n) is 10.3. The van der Waals surface area contributed by atoms with Crippen molar-refractivity contribution in [2.45, 2.75) is 57.9 Å². The minimum absolute atomic E-state index is 0.324. The molecule has 90 valence electrons. The van der Waals surface area contributed by atoms with Crippen molar-refractivity contribution < 1.29 is 9.90 Å². The second-order valence-electron chi connectivity index (χ2n) is 4.37. The summed E-state index contributed by atoms with van der Waals surface area (Å²) in [4.78, 5) is 12.5. The number of aliphatic carboxylic acids is 1. The normalized spacial score (nSPS) is 13.1. The molecule has 15 heavy (non-hydrogen) atoms. The highest BCUT2D eigenvalue weighted by Crippen LogP contribution is 2.12. The van der Waals surface area contributed by atoms with Gasteiger partial charge in [-0.3, -0.25) is 4.79 Å². The first kappa shape index (κ1) is 14.4. The highest BCUT2D eigenvalue weighted by molar-refractivity contribution is 5.66. The van der Waals surface area contributed by atoms with E-state index in [2.05, 4.69) is 25.9 Å². The van der Waals surface area contributed by atoms with E-state index in [-0.39, 0.29) is 0 Å². The number of hydrogen-bond acceptors (Lipinski definition) is 2. The Kier molecular flexibility index (Phi) is 8.38. The SMILES string of the molecule is CCC(CCCCCCC(=O)O)N(C)C. The molecule has 0 saturated carbocycles. The van der Waals surface area contributed by atoms with Gasteiger partial charge in [-0.25, -0.2) is 0 Å². The van der Waals surface area contributed by atoms with E-state index in [9.17, 15) is 4.79 Å². The van der Waals surface area contributed by atoms with Gasteiger partial charge >= 0.3 is 5.97 Å². The van der Waals surface area contributed by atoms with Gasteiger partial charge in [-0.1, -0.05) is 26.2 Å². The number of rotatable bonds is 9. The van der Waals surface area contributed by atoms with Crippen LogP contribution in [0.15, 0.2) is 0 Å². The van der Waals surface area contributed by atoms with E-state index in [1.54, 1.807) is 0 Å². The number of carbonyl (C=O) groups is 1. The lowest BCUT2D eigenvalue weighted by atomic mass is 10.0. The molecule has 0 bridgehead atoms. The van der Waals surface area contributed by atoms with Crippen molar-refractivity contribution in [1.29, 1.82) is 0 Å². The Morgan fingerprint density at radius 2 is 1.80 bits per heavy atom. The molecular weight excluding hydrogens is 190 g/mol. The van der Waals surface area contributed by atoms with Gasteiger partial charge in [-0.2, -0.15) is 0 Å². The van der Waals surface area contributed by atoms with E-state index in [4.69, 9.17) is 5.11 Å². The maximum atomic E-state index is 10.3. The van der Waals surface area contributed by atoms with Gasteiger partial charge in [0.25, 0.3) is 0 Å². The third-order valence-electron chi connectivity index (χ3n) is 2.88. The van der Waals surface area contributed by atoms with E-state index in [1.807, 2.05) is 0 Å². The summed E-state index contributed by atoms with van der Waals surface area (Å²) >= 11 is 0. The Morgan fingerprint density at radius 1 is 1.20 bits per heavy atom. The van der Waals surface area contributed by atoms with Crippen LogP contribution in [0.4, 0.5) is 0 Å². The average molecular weight is 215 g/mol. The second-order valence-corrected chi connectivity index (χ2v) is 4.37. The van der Waals surface area contributed by atoms with Gasteiger partial charge in [-0.15, -0.1) is 0 Å². The lowest BCUT2D eigenvalue weighted by Crippen LogP contribution is -2.26. The Morgan fingerprint density at radius 3 is 2.27 bits per heavy atom. The fourth-order valence-corrected chi connectivity index (χ4v) is 1.84. The summed E-state index contributed by atoms with van der Waals surface area (Å²) in [5.41, 5.74) is 0. The molecule has 0 aliphatic rings. The largest absolute Gasteiger partial charge is 0.481 e. The van der Waals surface area contributed by atoms with Crippen LogP contribution in [0.5, 0.6) is 0 Å². The summed E-state index contributed by atoms with van der Waals surface area (Å²) in [7, 11) is 4.25. The van der Waals surface area contributed by atoms with Crippen molar-refractivity contribution in [3.63, 3.8) is 0 Å². The fraction of sp³-hybridized carbons (Fsp3) is 0.917. The molecule has 0 radical (unpaired) electrons. The van der Waals surface area contributed by atoms with E-state index in [0.29, 0.717) is 12.5 Å². The van der Waals surface area contributed by atoms with Crippen LogP contribution in [0.1, 0.15) is 51.9 Å². The smallest absolute Gasteiger partial charge is 0.303 e. The van der Waals surface area contributed by atoms with E-state index in [1.165, 1.54) is 19.3 Å². The first-order valence-electron chi connectivity index (χ1n) is 5.96. The minimum atomic E-state index is -0.672. The van der Waals surface area contributed by atoms with Crippen LogP contribution in [0.2, 0.25) is 0 Å². The van der Waals surface area contributed by atoms with Crippen LogP contribution >= 0.6 is 0 Å². The molecule has 0 aliphatic heterocycles. The first-order chi connectivity index (χ1) is 7.07. The number of nitrogens with zero attached hydrogens (tertiary/aromatic N) is 1. The van der Waals surface area contributed by atoms with Gasteiger partial charge in [0, 0.05) is 12.5 Å². The van der Waals surface area contributed by atoms with Crippen molar-refractivity contribution in [2.75, 3.05) is 14.1 Å². The van der Waals surface area contributed by atoms with Crippen molar-refractivity contribution in [3.05, 3.63) is 0 Å². The molecule has 0 spiro atoms. The number of carboxylic acids is 1. The molecule has 0 amide bonds. The predicted molar refractivity (Wildman–Crippen MR) is 63.1 cm³/mol. The topological polar surface area (TPSA) is 40.5 Å². The lowest BCUT2D eigenvalue weighted by Gasteiger charge is -2.22. The average Bonchev–Trinajstić information content (AvgIpc) is 2.15. The molecule has 0 fully saturated rings. The summed E-state index contributed by atoms with van der Waals surface area (Å²) in [6.45, 7) is 2.22. The Balaban J connectivity index is 3.33. The quantitative estimate of drug-likeness (QED) is 0.601. The molecule has 1 unspecified atom stereocenters. The maximum Gasteiger partial charge on any atom is 0.303 e. The number of carboxylic acid groups (broad SMARTS) is 1. The maximum absolute atomic E-state index is 10.3. The Hall–Kier alpha value is -0.570. The van der Waals surface area contributed by atoms with Crippen LogP contribution in [0.3, 0.4) is 0 Å². The lowest BCUT2D eigenvalue weighted by molar-refractivity contribution is -0.137. The van der Waals surface area contributed by atoms with Crippen LogP contribution in [-0.4, -0.2) is 36.1 Å². The highest BCUT2D eigenvalue weighted by atomic mass is 16.4. The van der Waals surface area contributed by atoms with E-state index in [0.717, 1.165) is 19.3 Å². The zero-order valence-corrected chi connectivity index (χ0v) is 10.3. The molecule has 3 nitrogen and oxygen atoms in total. The van der Waals surface area contributed by atoms with Crippen LogP contribution in [-0.2, 0) is 4.79 Å². The Bertz CT molecular complexity index is 169. The van der Waals surface area contributed by atoms with Crippen molar-refractivity contribution in [3.8, 4) is 0 Å². The van der Waals surface area contributed by atoms with Gasteiger partial charge < -0.3 is 10.0 Å². The summed E-state index contributed by atoms with van der Waals surface area (Å²) in [6.07, 6.45) is 7.02. The number of unbranched alkanes of at least 4 members (excludes halogenated alkanes) is 3. The van der Waals surface area contributed by atoms with Crippen molar-refractivity contribution in [1.82, 2.24) is 4.90 Å². The molecular formula is C12H25NO2. The van der Waals surface area contributed by atoms with Crippen molar-refractivity contribution >= 4 is 5.97 Å². The van der Waals surface area contributed by atoms with Gasteiger partial charge in [-0.05, 0) is 33.4 Å². The van der Waals surface area contributed by atoms with Crippen LogP contribution in [0, 0.1) is 0 Å². The summed E-state index contributed by atoms with van der Waals surface area (Å²) < 4.78 is 0. The summed E-state index contributed by atoms with van der Waals surface area (Å²) in [5.74, 6) is -0.672. The summed E-state index contributed by atoms with van der Waals surface area (Å²) in [6, 6.07) is 0.685. The molecule has 0 aromatic rings. The Labute approximate surface area is 93.5 Å². The standard InChI is InChI=1S/C12H25NO2/c1-4-11(13(2)3)9-7-5-6-8-10-12(14)15/h11H,4-10H2,1-3H3,(H,14,15). The molecule has 0 aromatic heterocycles. The molecule has 1 N–H and O–H groups in total. The van der Waals surface area contributed by atoms with Gasteiger partial charge in [0.1, 0.15) is 0 Å². The van der Waals surface area contributed by atoms with Crippen molar-refractivity contribution in [2.24, 2.45) is 0 Å². The summed E-state index contributed by atoms with van der Waals surface area (Å²) in [5, 5.41) is 8.46. The minimum Gasteiger partial charge on any atom is -0.481 e. The van der Waals surface area contributed by atoms with E-state index < -0.39 is 5.97 Å². The molecule has 3 heteroatoms. The molecule has 0 heterocycles. The van der Waals surface area contributed by atoms with Gasteiger partial charge in [0.15, 0.2) is 0 Å². The zero-order chi connectivity index (χ0) is 11.7. The van der Waals surface area contributed by atoms with Crippen LogP contribution in [0.25, 0.3) is 0 Å². The predicted octanol–water partition coefficient (Wildman–Crippen LogP) is 2.75. The van der Waals surface area contributed by atoms with Gasteiger partial charge in [0.2, 0.25) is 0 Å². The second kappa shape index (κ2) is 8.72. The molecule has 0 rings (SSSR count). The molecule has 0 aromatic carbocycles.